The molecule has 0 amide bonds. The Morgan fingerprint density at radius 3 is 2.52 bits per heavy atom. The molecule has 2 nitrogen and oxygen atoms in total. The number of nitrogens with zero attached hydrogens (tertiary/aromatic N) is 1. The Balaban J connectivity index is 1.96. The molecule has 0 fully saturated rings. The van der Waals surface area contributed by atoms with Crippen molar-refractivity contribution < 1.29 is 5.11 Å². The Labute approximate surface area is 125 Å². The number of pyridine rings is 1. The van der Waals surface area contributed by atoms with Crippen molar-refractivity contribution in [3.05, 3.63) is 77.5 Å². The summed E-state index contributed by atoms with van der Waals surface area (Å²) >= 11 is 0. The quantitative estimate of drug-likeness (QED) is 0.785. The van der Waals surface area contributed by atoms with Gasteiger partial charge in [-0.15, -0.1) is 0 Å². The minimum Gasteiger partial charge on any atom is -0.385 e. The van der Waals surface area contributed by atoms with Gasteiger partial charge < -0.3 is 5.11 Å². The maximum Gasteiger partial charge on any atom is 0.0908 e. The van der Waals surface area contributed by atoms with E-state index in [4.69, 9.17) is 0 Å². The maximum absolute atomic E-state index is 10.8. The van der Waals surface area contributed by atoms with Gasteiger partial charge in [0.05, 0.1) is 11.1 Å². The second-order valence-corrected chi connectivity index (χ2v) is 5.80. The Bertz CT molecular complexity index is 763. The van der Waals surface area contributed by atoms with Crippen LogP contribution in [0.25, 0.3) is 10.9 Å². The lowest BCUT2D eigenvalue weighted by atomic mass is 9.88. The summed E-state index contributed by atoms with van der Waals surface area (Å²) in [4.78, 5) is 4.50. The Hall–Kier alpha value is -2.19. The van der Waals surface area contributed by atoms with E-state index in [1.54, 1.807) is 0 Å². The number of fused-ring (bicyclic) bond motifs is 1. The molecule has 1 atom stereocenters. The molecule has 0 radical (unpaired) electrons. The molecule has 1 heterocycles. The minimum absolute atomic E-state index is 0.596. The zero-order chi connectivity index (χ0) is 14.9. The topological polar surface area (TPSA) is 33.1 Å². The number of rotatable bonds is 3. The molecule has 21 heavy (non-hydrogen) atoms. The fourth-order valence-electron chi connectivity index (χ4n) is 2.66. The average Bonchev–Trinajstić information content (AvgIpc) is 2.47. The van der Waals surface area contributed by atoms with Crippen LogP contribution >= 0.6 is 0 Å². The van der Waals surface area contributed by atoms with Crippen LogP contribution in [0.3, 0.4) is 0 Å². The van der Waals surface area contributed by atoms with Gasteiger partial charge in [0.15, 0.2) is 0 Å². The number of hydrogen-bond acceptors (Lipinski definition) is 2. The highest BCUT2D eigenvalue weighted by Gasteiger charge is 2.23. The molecule has 0 saturated heterocycles. The molecule has 0 aliphatic carbocycles. The van der Waals surface area contributed by atoms with Gasteiger partial charge in [0.1, 0.15) is 0 Å². The molecule has 0 saturated carbocycles. The SMILES string of the molecule is Cc1ccc2cc(C(C)(O)Cc3ccccc3)ccc2n1. The molecule has 106 valence electrons. The number of aromatic nitrogens is 1. The number of hydrogen-bond donors (Lipinski definition) is 1. The molecule has 3 rings (SSSR count). The monoisotopic (exact) mass is 277 g/mol. The zero-order valence-corrected chi connectivity index (χ0v) is 12.4. The Morgan fingerprint density at radius 1 is 1.00 bits per heavy atom. The summed E-state index contributed by atoms with van der Waals surface area (Å²) in [5, 5.41) is 11.9. The standard InChI is InChI=1S/C19H19NO/c1-14-8-9-16-12-17(10-11-18(16)20-14)19(2,21)13-15-6-4-3-5-7-15/h3-12,21H,13H2,1-2H3. The summed E-state index contributed by atoms with van der Waals surface area (Å²) in [7, 11) is 0. The van der Waals surface area contributed by atoms with E-state index in [0.717, 1.165) is 27.7 Å². The fraction of sp³-hybridized carbons (Fsp3) is 0.211. The van der Waals surface area contributed by atoms with Crippen molar-refractivity contribution in [3.8, 4) is 0 Å². The van der Waals surface area contributed by atoms with Crippen LogP contribution in [0.15, 0.2) is 60.7 Å². The smallest absolute Gasteiger partial charge is 0.0908 e. The van der Waals surface area contributed by atoms with Crippen LogP contribution < -0.4 is 0 Å². The van der Waals surface area contributed by atoms with Crippen LogP contribution in [-0.2, 0) is 12.0 Å². The number of benzene rings is 2. The van der Waals surface area contributed by atoms with Crippen LogP contribution in [0.5, 0.6) is 0 Å². The van der Waals surface area contributed by atoms with E-state index in [9.17, 15) is 5.11 Å². The van der Waals surface area contributed by atoms with Crippen LogP contribution in [-0.4, -0.2) is 10.1 Å². The van der Waals surface area contributed by atoms with E-state index in [2.05, 4.69) is 11.1 Å². The lowest BCUT2D eigenvalue weighted by molar-refractivity contribution is 0.0577. The molecule has 2 heteroatoms. The van der Waals surface area contributed by atoms with Crippen LogP contribution in [0, 0.1) is 6.92 Å². The van der Waals surface area contributed by atoms with Crippen LogP contribution in [0.4, 0.5) is 0 Å². The zero-order valence-electron chi connectivity index (χ0n) is 12.4. The van der Waals surface area contributed by atoms with Gasteiger partial charge >= 0.3 is 0 Å². The molecule has 0 aliphatic rings. The Morgan fingerprint density at radius 2 is 1.76 bits per heavy atom. The maximum atomic E-state index is 10.8. The summed E-state index contributed by atoms with van der Waals surface area (Å²) < 4.78 is 0. The van der Waals surface area contributed by atoms with Crippen molar-refractivity contribution in [1.29, 1.82) is 0 Å². The molecule has 0 bridgehead atoms. The van der Waals surface area contributed by atoms with Gasteiger partial charge in [0, 0.05) is 17.5 Å². The van der Waals surface area contributed by atoms with Gasteiger partial charge in [0.2, 0.25) is 0 Å². The molecule has 3 aromatic rings. The first-order valence-corrected chi connectivity index (χ1v) is 7.19. The van der Waals surface area contributed by atoms with E-state index in [0.29, 0.717) is 6.42 Å². The summed E-state index contributed by atoms with van der Waals surface area (Å²) in [5.74, 6) is 0. The van der Waals surface area contributed by atoms with Gasteiger partial charge in [-0.25, -0.2) is 0 Å². The predicted molar refractivity (Wildman–Crippen MR) is 86.2 cm³/mol. The first-order chi connectivity index (χ1) is 10.0. The van der Waals surface area contributed by atoms with E-state index in [-0.39, 0.29) is 0 Å². The highest BCUT2D eigenvalue weighted by atomic mass is 16.3. The highest BCUT2D eigenvalue weighted by molar-refractivity contribution is 5.79. The first kappa shape index (κ1) is 13.8. The molecule has 2 aromatic carbocycles. The average molecular weight is 277 g/mol. The van der Waals surface area contributed by atoms with E-state index in [1.165, 1.54) is 0 Å². The second-order valence-electron chi connectivity index (χ2n) is 5.80. The third-order valence-electron chi connectivity index (χ3n) is 3.84. The van der Waals surface area contributed by atoms with E-state index < -0.39 is 5.60 Å². The minimum atomic E-state index is -0.888. The van der Waals surface area contributed by atoms with Gasteiger partial charge in [-0.1, -0.05) is 42.5 Å². The predicted octanol–water partition coefficient (Wildman–Crippen LogP) is 3.99. The molecule has 0 spiro atoms. The number of aryl methyl sites for hydroxylation is 1. The summed E-state index contributed by atoms with van der Waals surface area (Å²) in [6.07, 6.45) is 0.596. The lowest BCUT2D eigenvalue weighted by Gasteiger charge is -2.24. The van der Waals surface area contributed by atoms with Crippen LogP contribution in [0.2, 0.25) is 0 Å². The Kier molecular flexibility index (Phi) is 3.48. The van der Waals surface area contributed by atoms with Crippen molar-refractivity contribution in [2.24, 2.45) is 0 Å². The third kappa shape index (κ3) is 2.96. The molecular formula is C19H19NO. The molecule has 1 aromatic heterocycles. The highest BCUT2D eigenvalue weighted by Crippen LogP contribution is 2.27. The van der Waals surface area contributed by atoms with E-state index in [1.807, 2.05) is 68.4 Å². The van der Waals surface area contributed by atoms with E-state index >= 15 is 0 Å². The third-order valence-corrected chi connectivity index (χ3v) is 3.84. The van der Waals surface area contributed by atoms with Crippen LogP contribution in [0.1, 0.15) is 23.7 Å². The normalized spacial score (nSPS) is 14.0. The largest absolute Gasteiger partial charge is 0.385 e. The molecule has 0 aliphatic heterocycles. The number of aliphatic hydroxyl groups is 1. The lowest BCUT2D eigenvalue weighted by Crippen LogP contribution is -2.24. The summed E-state index contributed by atoms with van der Waals surface area (Å²) in [6, 6.07) is 20.1. The van der Waals surface area contributed by atoms with Crippen molar-refractivity contribution >= 4 is 10.9 Å². The van der Waals surface area contributed by atoms with Crippen molar-refractivity contribution in [2.45, 2.75) is 25.9 Å². The molecule has 1 unspecified atom stereocenters. The van der Waals surface area contributed by atoms with Gasteiger partial charge in [0.25, 0.3) is 0 Å². The first-order valence-electron chi connectivity index (χ1n) is 7.19. The van der Waals surface area contributed by atoms with Gasteiger partial charge in [-0.2, -0.15) is 0 Å². The molecular weight excluding hydrogens is 258 g/mol. The van der Waals surface area contributed by atoms with Crippen molar-refractivity contribution in [1.82, 2.24) is 4.98 Å². The van der Waals surface area contributed by atoms with Gasteiger partial charge in [-0.3, -0.25) is 4.98 Å². The van der Waals surface area contributed by atoms with Gasteiger partial charge in [-0.05, 0) is 43.2 Å². The van der Waals surface area contributed by atoms with Crippen molar-refractivity contribution in [3.63, 3.8) is 0 Å². The second kappa shape index (κ2) is 5.30. The van der Waals surface area contributed by atoms with Crippen molar-refractivity contribution in [2.75, 3.05) is 0 Å². The molecule has 1 N–H and O–H groups in total. The summed E-state index contributed by atoms with van der Waals surface area (Å²) in [6.45, 7) is 3.85. The fourth-order valence-corrected chi connectivity index (χ4v) is 2.66. The summed E-state index contributed by atoms with van der Waals surface area (Å²) in [5.41, 5.74) is 3.13.